The lowest BCUT2D eigenvalue weighted by Gasteiger charge is -2.12. The first kappa shape index (κ1) is 14.3. The zero-order valence-corrected chi connectivity index (χ0v) is 13.1. The van der Waals surface area contributed by atoms with Gasteiger partial charge in [-0.25, -0.2) is 0 Å². The summed E-state index contributed by atoms with van der Waals surface area (Å²) in [5.41, 5.74) is 3.91. The van der Waals surface area contributed by atoms with Crippen LogP contribution in [0.2, 0.25) is 0 Å². The van der Waals surface area contributed by atoms with Gasteiger partial charge < -0.3 is 5.32 Å². The SMILES string of the molecule is CCNC(C)Cc1ccc(-c2ccc(Br)cc2)cc1. The maximum absolute atomic E-state index is 3.46. The second-order valence-corrected chi connectivity index (χ2v) is 5.78. The summed E-state index contributed by atoms with van der Waals surface area (Å²) in [5, 5.41) is 3.44. The van der Waals surface area contributed by atoms with E-state index in [1.807, 2.05) is 0 Å². The molecule has 0 radical (unpaired) electrons. The maximum atomic E-state index is 3.46. The van der Waals surface area contributed by atoms with Crippen molar-refractivity contribution in [2.75, 3.05) is 6.54 Å². The fourth-order valence-electron chi connectivity index (χ4n) is 2.25. The Morgan fingerprint density at radius 3 is 2.00 bits per heavy atom. The molecule has 1 unspecified atom stereocenters. The van der Waals surface area contributed by atoms with Crippen molar-refractivity contribution >= 4 is 15.9 Å². The summed E-state index contributed by atoms with van der Waals surface area (Å²) in [6.45, 7) is 5.40. The van der Waals surface area contributed by atoms with Crippen LogP contribution in [-0.4, -0.2) is 12.6 Å². The number of halogens is 1. The predicted molar refractivity (Wildman–Crippen MR) is 86.4 cm³/mol. The normalized spacial score (nSPS) is 12.4. The van der Waals surface area contributed by atoms with Crippen LogP contribution in [0.25, 0.3) is 11.1 Å². The highest BCUT2D eigenvalue weighted by molar-refractivity contribution is 9.10. The van der Waals surface area contributed by atoms with Gasteiger partial charge in [-0.15, -0.1) is 0 Å². The molecule has 2 aromatic carbocycles. The smallest absolute Gasteiger partial charge is 0.0175 e. The topological polar surface area (TPSA) is 12.0 Å². The molecular formula is C17H20BrN. The largest absolute Gasteiger partial charge is 0.314 e. The van der Waals surface area contributed by atoms with Gasteiger partial charge in [0, 0.05) is 10.5 Å². The third-order valence-electron chi connectivity index (χ3n) is 3.23. The minimum atomic E-state index is 0.531. The molecule has 0 aliphatic rings. The Bertz CT molecular complexity index is 502. The fourth-order valence-corrected chi connectivity index (χ4v) is 2.51. The first-order valence-electron chi connectivity index (χ1n) is 6.77. The van der Waals surface area contributed by atoms with Crippen molar-refractivity contribution in [1.82, 2.24) is 5.32 Å². The molecule has 0 heterocycles. The molecule has 0 saturated carbocycles. The second kappa shape index (κ2) is 6.88. The number of hydrogen-bond acceptors (Lipinski definition) is 1. The Kier molecular flexibility index (Phi) is 5.17. The minimum Gasteiger partial charge on any atom is -0.314 e. The molecule has 2 rings (SSSR count). The standard InChI is InChI=1S/C17H20BrN/c1-3-19-13(2)12-14-4-6-15(7-5-14)16-8-10-17(18)11-9-16/h4-11,13,19H,3,12H2,1-2H3. The second-order valence-electron chi connectivity index (χ2n) is 4.87. The Morgan fingerprint density at radius 1 is 0.947 bits per heavy atom. The molecule has 0 fully saturated rings. The lowest BCUT2D eigenvalue weighted by Crippen LogP contribution is -2.27. The molecule has 0 spiro atoms. The summed E-state index contributed by atoms with van der Waals surface area (Å²) in [6, 6.07) is 17.8. The molecule has 1 nitrogen and oxygen atoms in total. The summed E-state index contributed by atoms with van der Waals surface area (Å²) >= 11 is 3.46. The first-order chi connectivity index (χ1) is 9.19. The van der Waals surface area contributed by atoms with Gasteiger partial charge in [0.1, 0.15) is 0 Å². The number of hydrogen-bond donors (Lipinski definition) is 1. The summed E-state index contributed by atoms with van der Waals surface area (Å²) in [7, 11) is 0. The van der Waals surface area contributed by atoms with Gasteiger partial charge in [-0.3, -0.25) is 0 Å². The summed E-state index contributed by atoms with van der Waals surface area (Å²) in [6.07, 6.45) is 1.08. The van der Waals surface area contributed by atoms with E-state index in [9.17, 15) is 0 Å². The maximum Gasteiger partial charge on any atom is 0.0175 e. The lowest BCUT2D eigenvalue weighted by atomic mass is 10.0. The minimum absolute atomic E-state index is 0.531. The van der Waals surface area contributed by atoms with Crippen molar-refractivity contribution in [2.24, 2.45) is 0 Å². The van der Waals surface area contributed by atoms with Gasteiger partial charge in [0.25, 0.3) is 0 Å². The molecular weight excluding hydrogens is 298 g/mol. The van der Waals surface area contributed by atoms with Gasteiger partial charge in [-0.2, -0.15) is 0 Å². The number of rotatable bonds is 5. The molecule has 0 saturated heterocycles. The lowest BCUT2D eigenvalue weighted by molar-refractivity contribution is 0.565. The van der Waals surface area contributed by atoms with E-state index in [0.717, 1.165) is 17.4 Å². The molecule has 2 heteroatoms. The Balaban J connectivity index is 2.08. The zero-order chi connectivity index (χ0) is 13.7. The number of likely N-dealkylation sites (N-methyl/N-ethyl adjacent to an activating group) is 1. The number of benzene rings is 2. The Morgan fingerprint density at radius 2 is 1.47 bits per heavy atom. The average molecular weight is 318 g/mol. The summed E-state index contributed by atoms with van der Waals surface area (Å²) < 4.78 is 1.12. The van der Waals surface area contributed by atoms with Crippen molar-refractivity contribution in [3.8, 4) is 11.1 Å². The number of nitrogens with one attached hydrogen (secondary N) is 1. The molecule has 100 valence electrons. The van der Waals surface area contributed by atoms with Crippen molar-refractivity contribution in [3.63, 3.8) is 0 Å². The summed E-state index contributed by atoms with van der Waals surface area (Å²) in [4.78, 5) is 0. The van der Waals surface area contributed by atoms with Crippen molar-refractivity contribution in [2.45, 2.75) is 26.3 Å². The van der Waals surface area contributed by atoms with E-state index < -0.39 is 0 Å². The molecule has 0 bridgehead atoms. The third kappa shape index (κ3) is 4.19. The van der Waals surface area contributed by atoms with E-state index in [1.54, 1.807) is 0 Å². The van der Waals surface area contributed by atoms with Crippen LogP contribution in [0.4, 0.5) is 0 Å². The van der Waals surface area contributed by atoms with E-state index >= 15 is 0 Å². The molecule has 0 amide bonds. The van der Waals surface area contributed by atoms with Crippen molar-refractivity contribution in [3.05, 3.63) is 58.6 Å². The van der Waals surface area contributed by atoms with E-state index in [2.05, 4.69) is 83.6 Å². The van der Waals surface area contributed by atoms with E-state index in [1.165, 1.54) is 16.7 Å². The van der Waals surface area contributed by atoms with Gasteiger partial charge in [0.05, 0.1) is 0 Å². The molecule has 0 aliphatic heterocycles. The van der Waals surface area contributed by atoms with Gasteiger partial charge in [-0.1, -0.05) is 59.3 Å². The molecule has 0 aromatic heterocycles. The Hall–Kier alpha value is -1.12. The predicted octanol–water partition coefficient (Wildman–Crippen LogP) is 4.66. The molecule has 0 aliphatic carbocycles. The van der Waals surface area contributed by atoms with E-state index in [0.29, 0.717) is 6.04 Å². The van der Waals surface area contributed by atoms with Crippen LogP contribution < -0.4 is 5.32 Å². The average Bonchev–Trinajstić information content (AvgIpc) is 2.41. The van der Waals surface area contributed by atoms with E-state index in [4.69, 9.17) is 0 Å². The van der Waals surface area contributed by atoms with Crippen molar-refractivity contribution in [1.29, 1.82) is 0 Å². The van der Waals surface area contributed by atoms with Gasteiger partial charge in [-0.05, 0) is 48.7 Å². The molecule has 19 heavy (non-hydrogen) atoms. The van der Waals surface area contributed by atoms with Gasteiger partial charge in [0.2, 0.25) is 0 Å². The third-order valence-corrected chi connectivity index (χ3v) is 3.75. The van der Waals surface area contributed by atoms with Crippen LogP contribution in [0, 0.1) is 0 Å². The van der Waals surface area contributed by atoms with Crippen molar-refractivity contribution < 1.29 is 0 Å². The highest BCUT2D eigenvalue weighted by atomic mass is 79.9. The fraction of sp³-hybridized carbons (Fsp3) is 0.294. The van der Waals surface area contributed by atoms with Crippen LogP contribution in [-0.2, 0) is 6.42 Å². The van der Waals surface area contributed by atoms with Crippen LogP contribution in [0.15, 0.2) is 53.0 Å². The molecule has 1 N–H and O–H groups in total. The van der Waals surface area contributed by atoms with Crippen LogP contribution in [0.5, 0.6) is 0 Å². The van der Waals surface area contributed by atoms with Crippen LogP contribution >= 0.6 is 15.9 Å². The highest BCUT2D eigenvalue weighted by Gasteiger charge is 2.02. The monoisotopic (exact) mass is 317 g/mol. The van der Waals surface area contributed by atoms with Crippen LogP contribution in [0.1, 0.15) is 19.4 Å². The molecule has 1 atom stereocenters. The highest BCUT2D eigenvalue weighted by Crippen LogP contribution is 2.22. The zero-order valence-electron chi connectivity index (χ0n) is 11.5. The Labute approximate surface area is 124 Å². The van der Waals surface area contributed by atoms with Gasteiger partial charge >= 0.3 is 0 Å². The van der Waals surface area contributed by atoms with Gasteiger partial charge in [0.15, 0.2) is 0 Å². The quantitative estimate of drug-likeness (QED) is 0.846. The van der Waals surface area contributed by atoms with Crippen LogP contribution in [0.3, 0.4) is 0 Å². The molecule has 2 aromatic rings. The summed E-state index contributed by atoms with van der Waals surface area (Å²) in [5.74, 6) is 0. The van der Waals surface area contributed by atoms with E-state index in [-0.39, 0.29) is 0 Å². The first-order valence-corrected chi connectivity index (χ1v) is 7.56.